The Bertz CT molecular complexity index is 586. The summed E-state index contributed by atoms with van der Waals surface area (Å²) < 4.78 is 5.26. The molecule has 0 N–H and O–H groups in total. The first-order chi connectivity index (χ1) is 7.77. The van der Waals surface area contributed by atoms with Crippen LogP contribution in [0.4, 0.5) is 0 Å². The van der Waals surface area contributed by atoms with Crippen molar-refractivity contribution >= 4 is 16.8 Å². The van der Waals surface area contributed by atoms with Gasteiger partial charge in [-0.3, -0.25) is 4.99 Å². The third-order valence-electron chi connectivity index (χ3n) is 2.71. The van der Waals surface area contributed by atoms with Gasteiger partial charge in [0.25, 0.3) is 0 Å². The van der Waals surface area contributed by atoms with E-state index in [0.717, 1.165) is 28.1 Å². The lowest BCUT2D eigenvalue weighted by molar-refractivity contribution is 0.382. The number of fused-ring (bicyclic) bond motifs is 3. The van der Waals surface area contributed by atoms with Crippen LogP contribution in [0.15, 0.2) is 33.8 Å². The number of benzene rings is 1. The molecule has 0 amide bonds. The summed E-state index contributed by atoms with van der Waals surface area (Å²) in [6.45, 7) is 2.38. The van der Waals surface area contributed by atoms with E-state index in [9.17, 15) is 0 Å². The lowest BCUT2D eigenvalue weighted by atomic mass is 9.99. The second-order valence-corrected chi connectivity index (χ2v) is 4.08. The van der Waals surface area contributed by atoms with Gasteiger partial charge in [0.1, 0.15) is 11.7 Å². The molecule has 2 aromatic rings. The maximum absolute atomic E-state index is 6.14. The molecule has 0 unspecified atom stereocenters. The number of nitrogens with zero attached hydrogens (tertiary/aromatic N) is 2. The standard InChI is InChI=1S/C12H9ClN2O/c1-7-11-8-4-2-3-5-9(8)12(13)14-6-10(11)16-15-7/h2-5H,6H2,1H3. The molecule has 0 saturated carbocycles. The maximum Gasteiger partial charge on any atom is 0.166 e. The third kappa shape index (κ3) is 1.28. The molecule has 1 aliphatic rings. The monoisotopic (exact) mass is 232 g/mol. The summed E-state index contributed by atoms with van der Waals surface area (Å²) in [6, 6.07) is 7.90. The minimum absolute atomic E-state index is 0.448. The number of rotatable bonds is 0. The number of hydrogen-bond acceptors (Lipinski definition) is 3. The molecular weight excluding hydrogens is 224 g/mol. The van der Waals surface area contributed by atoms with Crippen molar-refractivity contribution in [2.45, 2.75) is 13.5 Å². The van der Waals surface area contributed by atoms with Gasteiger partial charge in [-0.15, -0.1) is 0 Å². The molecule has 3 nitrogen and oxygen atoms in total. The maximum atomic E-state index is 6.14. The molecule has 0 fully saturated rings. The highest BCUT2D eigenvalue weighted by Crippen LogP contribution is 2.33. The zero-order valence-electron chi connectivity index (χ0n) is 8.70. The second-order valence-electron chi connectivity index (χ2n) is 3.72. The van der Waals surface area contributed by atoms with Crippen molar-refractivity contribution < 1.29 is 4.52 Å². The normalized spacial score (nSPS) is 13.8. The molecule has 1 aromatic carbocycles. The summed E-state index contributed by atoms with van der Waals surface area (Å²) in [5.41, 5.74) is 3.88. The van der Waals surface area contributed by atoms with Crippen LogP contribution in [-0.4, -0.2) is 10.3 Å². The van der Waals surface area contributed by atoms with Gasteiger partial charge >= 0.3 is 0 Å². The van der Waals surface area contributed by atoms with Gasteiger partial charge in [0.05, 0.1) is 11.3 Å². The van der Waals surface area contributed by atoms with E-state index in [1.54, 1.807) is 0 Å². The lowest BCUT2D eigenvalue weighted by Crippen LogP contribution is -1.93. The minimum Gasteiger partial charge on any atom is -0.358 e. The van der Waals surface area contributed by atoms with E-state index >= 15 is 0 Å². The number of halogens is 1. The summed E-state index contributed by atoms with van der Waals surface area (Å²) in [7, 11) is 0. The van der Waals surface area contributed by atoms with E-state index in [4.69, 9.17) is 16.1 Å². The number of aryl methyl sites for hydroxylation is 1. The van der Waals surface area contributed by atoms with Gasteiger partial charge in [-0.2, -0.15) is 0 Å². The largest absolute Gasteiger partial charge is 0.358 e. The van der Waals surface area contributed by atoms with Crippen LogP contribution in [0.5, 0.6) is 0 Å². The molecule has 2 heterocycles. The van der Waals surface area contributed by atoms with Gasteiger partial charge < -0.3 is 4.52 Å². The van der Waals surface area contributed by atoms with E-state index < -0.39 is 0 Å². The van der Waals surface area contributed by atoms with Gasteiger partial charge in [0, 0.05) is 5.56 Å². The Labute approximate surface area is 97.7 Å². The fourth-order valence-corrected chi connectivity index (χ4v) is 2.20. The van der Waals surface area contributed by atoms with E-state index in [1.165, 1.54) is 0 Å². The van der Waals surface area contributed by atoms with Crippen molar-refractivity contribution in [2.24, 2.45) is 4.99 Å². The number of aromatic nitrogens is 1. The molecule has 16 heavy (non-hydrogen) atoms. The van der Waals surface area contributed by atoms with E-state index in [2.05, 4.69) is 10.1 Å². The van der Waals surface area contributed by atoms with Gasteiger partial charge in [0.2, 0.25) is 0 Å². The van der Waals surface area contributed by atoms with Gasteiger partial charge in [-0.1, -0.05) is 41.0 Å². The third-order valence-corrected chi connectivity index (χ3v) is 3.04. The van der Waals surface area contributed by atoms with Crippen LogP contribution in [-0.2, 0) is 6.54 Å². The molecule has 4 heteroatoms. The van der Waals surface area contributed by atoms with Crippen LogP contribution in [0.3, 0.4) is 0 Å². The highest BCUT2D eigenvalue weighted by atomic mass is 35.5. The van der Waals surface area contributed by atoms with Crippen LogP contribution in [0, 0.1) is 6.92 Å². The molecular formula is C12H9ClN2O. The zero-order valence-corrected chi connectivity index (χ0v) is 9.45. The smallest absolute Gasteiger partial charge is 0.166 e. The number of aliphatic imine (C=N–C) groups is 1. The predicted molar refractivity (Wildman–Crippen MR) is 62.8 cm³/mol. The Hall–Kier alpha value is -1.61. The van der Waals surface area contributed by atoms with Crippen molar-refractivity contribution in [3.8, 4) is 11.1 Å². The van der Waals surface area contributed by atoms with Crippen LogP contribution >= 0.6 is 11.6 Å². The van der Waals surface area contributed by atoms with E-state index in [0.29, 0.717) is 11.7 Å². The van der Waals surface area contributed by atoms with Gasteiger partial charge in [0.15, 0.2) is 5.76 Å². The lowest BCUT2D eigenvalue weighted by Gasteiger charge is -2.04. The SMILES string of the molecule is Cc1noc2c1-c1ccccc1C(Cl)=NC2. The summed E-state index contributed by atoms with van der Waals surface area (Å²) >= 11 is 6.14. The molecule has 80 valence electrons. The Morgan fingerprint density at radius 1 is 1.25 bits per heavy atom. The first kappa shape index (κ1) is 9.60. The summed E-state index contributed by atoms with van der Waals surface area (Å²) in [6.07, 6.45) is 0. The van der Waals surface area contributed by atoms with Crippen LogP contribution in [0.1, 0.15) is 17.0 Å². The van der Waals surface area contributed by atoms with Crippen molar-refractivity contribution in [3.05, 3.63) is 41.3 Å². The summed E-state index contributed by atoms with van der Waals surface area (Å²) in [5, 5.41) is 4.51. The van der Waals surface area contributed by atoms with E-state index in [-0.39, 0.29) is 0 Å². The topological polar surface area (TPSA) is 38.4 Å². The molecule has 1 aliphatic heterocycles. The van der Waals surface area contributed by atoms with Crippen molar-refractivity contribution in [2.75, 3.05) is 0 Å². The summed E-state index contributed by atoms with van der Waals surface area (Å²) in [4.78, 5) is 4.27. The Morgan fingerprint density at radius 3 is 2.81 bits per heavy atom. The number of hydrogen-bond donors (Lipinski definition) is 0. The molecule has 0 saturated heterocycles. The second kappa shape index (κ2) is 3.46. The van der Waals surface area contributed by atoms with E-state index in [1.807, 2.05) is 31.2 Å². The van der Waals surface area contributed by atoms with Gasteiger partial charge in [-0.25, -0.2) is 0 Å². The highest BCUT2D eigenvalue weighted by molar-refractivity contribution is 6.70. The zero-order chi connectivity index (χ0) is 11.1. The van der Waals surface area contributed by atoms with Crippen molar-refractivity contribution in [3.63, 3.8) is 0 Å². The van der Waals surface area contributed by atoms with Crippen molar-refractivity contribution in [1.29, 1.82) is 0 Å². The Balaban J connectivity index is 2.37. The molecule has 0 atom stereocenters. The highest BCUT2D eigenvalue weighted by Gasteiger charge is 2.21. The molecule has 0 spiro atoms. The first-order valence-corrected chi connectivity index (χ1v) is 5.40. The minimum atomic E-state index is 0.448. The van der Waals surface area contributed by atoms with Gasteiger partial charge in [-0.05, 0) is 12.5 Å². The average Bonchev–Trinajstić information content (AvgIpc) is 2.60. The summed E-state index contributed by atoms with van der Waals surface area (Å²) in [5.74, 6) is 0.778. The molecule has 3 rings (SSSR count). The van der Waals surface area contributed by atoms with Crippen LogP contribution < -0.4 is 0 Å². The molecule has 0 radical (unpaired) electrons. The molecule has 1 aromatic heterocycles. The van der Waals surface area contributed by atoms with Crippen molar-refractivity contribution in [1.82, 2.24) is 5.16 Å². The molecule has 0 aliphatic carbocycles. The first-order valence-electron chi connectivity index (χ1n) is 5.02. The van der Waals surface area contributed by atoms with Crippen LogP contribution in [0.25, 0.3) is 11.1 Å². The fourth-order valence-electron chi connectivity index (χ4n) is 1.98. The Kier molecular flexibility index (Phi) is 2.07. The Morgan fingerprint density at radius 2 is 2.00 bits per heavy atom. The fraction of sp³-hybridized carbons (Fsp3) is 0.167. The quantitative estimate of drug-likeness (QED) is 0.700. The average molecular weight is 233 g/mol. The predicted octanol–water partition coefficient (Wildman–Crippen LogP) is 3.15. The molecule has 0 bridgehead atoms. The van der Waals surface area contributed by atoms with Crippen LogP contribution in [0.2, 0.25) is 0 Å².